The summed E-state index contributed by atoms with van der Waals surface area (Å²) in [7, 11) is 1.61. The van der Waals surface area contributed by atoms with Gasteiger partial charge < -0.3 is 19.9 Å². The van der Waals surface area contributed by atoms with Gasteiger partial charge in [0.25, 0.3) is 0 Å². The maximum absolute atomic E-state index is 11.6. The SMILES string of the molecule is CCn1c(CNCC(=O)NCCOC)nc2ccccc21. The third-order valence-corrected chi connectivity index (χ3v) is 3.25. The Morgan fingerprint density at radius 1 is 1.38 bits per heavy atom. The van der Waals surface area contributed by atoms with E-state index in [9.17, 15) is 4.79 Å². The molecule has 1 aromatic carbocycles. The van der Waals surface area contributed by atoms with Gasteiger partial charge in [0.2, 0.25) is 5.91 Å². The molecule has 0 saturated carbocycles. The number of carbonyl (C=O) groups excluding carboxylic acids is 1. The largest absolute Gasteiger partial charge is 0.383 e. The first-order chi connectivity index (χ1) is 10.3. The number of aromatic nitrogens is 2. The number of nitrogens with zero attached hydrogens (tertiary/aromatic N) is 2. The molecule has 0 spiro atoms. The summed E-state index contributed by atoms with van der Waals surface area (Å²) in [5.41, 5.74) is 2.11. The molecule has 0 aliphatic carbocycles. The molecule has 0 atom stereocenters. The molecule has 0 aliphatic rings. The number of ether oxygens (including phenoxy) is 1. The molecule has 0 aliphatic heterocycles. The summed E-state index contributed by atoms with van der Waals surface area (Å²) in [4.78, 5) is 16.2. The molecule has 0 unspecified atom stereocenters. The van der Waals surface area contributed by atoms with Crippen molar-refractivity contribution >= 4 is 16.9 Å². The van der Waals surface area contributed by atoms with E-state index in [2.05, 4.69) is 33.2 Å². The van der Waals surface area contributed by atoms with E-state index in [-0.39, 0.29) is 12.5 Å². The molecule has 0 saturated heterocycles. The number of rotatable bonds is 8. The van der Waals surface area contributed by atoms with Gasteiger partial charge in [0.1, 0.15) is 5.82 Å². The zero-order chi connectivity index (χ0) is 15.1. The zero-order valence-corrected chi connectivity index (χ0v) is 12.6. The van der Waals surface area contributed by atoms with Crippen molar-refractivity contribution in [1.29, 1.82) is 0 Å². The number of hydrogen-bond donors (Lipinski definition) is 2. The number of benzene rings is 1. The van der Waals surface area contributed by atoms with E-state index in [1.165, 1.54) is 0 Å². The highest BCUT2D eigenvalue weighted by atomic mass is 16.5. The van der Waals surface area contributed by atoms with Crippen molar-refractivity contribution in [1.82, 2.24) is 20.2 Å². The van der Waals surface area contributed by atoms with Gasteiger partial charge in [0.05, 0.1) is 30.7 Å². The summed E-state index contributed by atoms with van der Waals surface area (Å²) in [6, 6.07) is 8.06. The lowest BCUT2D eigenvalue weighted by Gasteiger charge is -2.08. The first-order valence-corrected chi connectivity index (χ1v) is 7.16. The van der Waals surface area contributed by atoms with Crippen molar-refractivity contribution < 1.29 is 9.53 Å². The Kier molecular flexibility index (Phi) is 5.71. The predicted molar refractivity (Wildman–Crippen MR) is 82.0 cm³/mol. The topological polar surface area (TPSA) is 68.2 Å². The van der Waals surface area contributed by atoms with Crippen LogP contribution in [0.25, 0.3) is 11.0 Å². The minimum Gasteiger partial charge on any atom is -0.383 e. The lowest BCUT2D eigenvalue weighted by atomic mass is 10.3. The average Bonchev–Trinajstić information content (AvgIpc) is 2.85. The van der Waals surface area contributed by atoms with Gasteiger partial charge in [0.15, 0.2) is 0 Å². The Balaban J connectivity index is 1.90. The number of aryl methyl sites for hydroxylation is 1. The van der Waals surface area contributed by atoms with Gasteiger partial charge in [0, 0.05) is 20.2 Å². The predicted octanol–water partition coefficient (Wildman–Crippen LogP) is 0.908. The molecule has 2 N–H and O–H groups in total. The summed E-state index contributed by atoms with van der Waals surface area (Å²) in [5.74, 6) is 0.912. The lowest BCUT2D eigenvalue weighted by Crippen LogP contribution is -2.35. The van der Waals surface area contributed by atoms with E-state index in [4.69, 9.17) is 4.74 Å². The van der Waals surface area contributed by atoms with Crippen LogP contribution in [0.1, 0.15) is 12.7 Å². The quantitative estimate of drug-likeness (QED) is 0.709. The van der Waals surface area contributed by atoms with Gasteiger partial charge >= 0.3 is 0 Å². The standard InChI is InChI=1S/C15H22N4O2/c1-3-19-13-7-5-4-6-12(13)18-14(19)10-16-11-15(20)17-8-9-21-2/h4-7,16H,3,8-11H2,1-2H3,(H,17,20). The second kappa shape index (κ2) is 7.75. The van der Waals surface area contributed by atoms with Gasteiger partial charge in [-0.15, -0.1) is 0 Å². The lowest BCUT2D eigenvalue weighted by molar-refractivity contribution is -0.120. The van der Waals surface area contributed by atoms with Gasteiger partial charge in [-0.25, -0.2) is 4.98 Å². The molecule has 2 aromatic rings. The monoisotopic (exact) mass is 290 g/mol. The van der Waals surface area contributed by atoms with Crippen LogP contribution in [0, 0.1) is 0 Å². The molecule has 0 bridgehead atoms. The molecule has 114 valence electrons. The van der Waals surface area contributed by atoms with Crippen molar-refractivity contribution in [2.24, 2.45) is 0 Å². The number of carbonyl (C=O) groups is 1. The first-order valence-electron chi connectivity index (χ1n) is 7.16. The van der Waals surface area contributed by atoms with E-state index in [1.54, 1.807) is 7.11 Å². The third kappa shape index (κ3) is 4.03. The molecule has 1 heterocycles. The van der Waals surface area contributed by atoms with Crippen molar-refractivity contribution in [3.63, 3.8) is 0 Å². The molecular formula is C15H22N4O2. The maximum Gasteiger partial charge on any atom is 0.234 e. The Bertz CT molecular complexity index is 594. The molecule has 1 aromatic heterocycles. The van der Waals surface area contributed by atoms with Crippen LogP contribution < -0.4 is 10.6 Å². The van der Waals surface area contributed by atoms with Crippen LogP contribution in [-0.2, 0) is 22.6 Å². The summed E-state index contributed by atoms with van der Waals surface area (Å²) in [6.07, 6.45) is 0. The molecule has 2 rings (SSSR count). The number of fused-ring (bicyclic) bond motifs is 1. The van der Waals surface area contributed by atoms with E-state index >= 15 is 0 Å². The molecular weight excluding hydrogens is 268 g/mol. The Morgan fingerprint density at radius 3 is 2.95 bits per heavy atom. The fraction of sp³-hybridized carbons (Fsp3) is 0.467. The van der Waals surface area contributed by atoms with Gasteiger partial charge in [-0.3, -0.25) is 4.79 Å². The minimum absolute atomic E-state index is 0.0359. The molecule has 0 fully saturated rings. The summed E-state index contributed by atoms with van der Waals surface area (Å²) >= 11 is 0. The van der Waals surface area contributed by atoms with Crippen LogP contribution in [0.4, 0.5) is 0 Å². The third-order valence-electron chi connectivity index (χ3n) is 3.25. The van der Waals surface area contributed by atoms with Gasteiger partial charge in [-0.1, -0.05) is 12.1 Å². The Morgan fingerprint density at radius 2 is 2.19 bits per heavy atom. The normalized spacial score (nSPS) is 11.0. The van der Waals surface area contributed by atoms with E-state index in [1.807, 2.05) is 18.2 Å². The maximum atomic E-state index is 11.6. The van der Waals surface area contributed by atoms with Crippen LogP contribution in [0.2, 0.25) is 0 Å². The zero-order valence-electron chi connectivity index (χ0n) is 12.6. The van der Waals surface area contributed by atoms with Crippen LogP contribution in [-0.4, -0.2) is 42.3 Å². The van der Waals surface area contributed by atoms with Crippen molar-refractivity contribution in [3.8, 4) is 0 Å². The molecule has 0 radical (unpaired) electrons. The number of amides is 1. The fourth-order valence-electron chi connectivity index (χ4n) is 2.26. The fourth-order valence-corrected chi connectivity index (χ4v) is 2.26. The molecule has 1 amide bonds. The average molecular weight is 290 g/mol. The van der Waals surface area contributed by atoms with E-state index < -0.39 is 0 Å². The summed E-state index contributed by atoms with van der Waals surface area (Å²) < 4.78 is 7.04. The van der Waals surface area contributed by atoms with Crippen molar-refractivity contribution in [3.05, 3.63) is 30.1 Å². The van der Waals surface area contributed by atoms with Crippen LogP contribution in [0.3, 0.4) is 0 Å². The molecule has 6 heteroatoms. The van der Waals surface area contributed by atoms with Crippen molar-refractivity contribution in [2.75, 3.05) is 26.8 Å². The van der Waals surface area contributed by atoms with E-state index in [0.29, 0.717) is 19.7 Å². The first kappa shape index (κ1) is 15.5. The number of para-hydroxylation sites is 2. The number of imidazole rings is 1. The Hall–Kier alpha value is -1.92. The summed E-state index contributed by atoms with van der Waals surface area (Å²) in [5, 5.41) is 5.90. The highest BCUT2D eigenvalue weighted by Gasteiger charge is 2.09. The van der Waals surface area contributed by atoms with Crippen molar-refractivity contribution in [2.45, 2.75) is 20.0 Å². The summed E-state index contributed by atoms with van der Waals surface area (Å²) in [6.45, 7) is 4.85. The Labute approximate surface area is 124 Å². The van der Waals surface area contributed by atoms with Crippen LogP contribution in [0.5, 0.6) is 0 Å². The number of methoxy groups -OCH3 is 1. The second-order valence-electron chi connectivity index (χ2n) is 4.71. The van der Waals surface area contributed by atoms with Crippen LogP contribution in [0.15, 0.2) is 24.3 Å². The minimum atomic E-state index is -0.0359. The van der Waals surface area contributed by atoms with E-state index in [0.717, 1.165) is 23.4 Å². The second-order valence-corrected chi connectivity index (χ2v) is 4.71. The van der Waals surface area contributed by atoms with Gasteiger partial charge in [-0.2, -0.15) is 0 Å². The number of hydrogen-bond acceptors (Lipinski definition) is 4. The smallest absolute Gasteiger partial charge is 0.234 e. The molecule has 6 nitrogen and oxygen atoms in total. The van der Waals surface area contributed by atoms with Crippen LogP contribution >= 0.6 is 0 Å². The molecule has 21 heavy (non-hydrogen) atoms. The highest BCUT2D eigenvalue weighted by molar-refractivity contribution is 5.78. The number of nitrogens with one attached hydrogen (secondary N) is 2. The van der Waals surface area contributed by atoms with Gasteiger partial charge in [-0.05, 0) is 19.1 Å². The highest BCUT2D eigenvalue weighted by Crippen LogP contribution is 2.15.